The van der Waals surface area contributed by atoms with E-state index in [1.54, 1.807) is 13.8 Å². The number of fused-ring (bicyclic) bond motifs is 3. The average Bonchev–Trinajstić information content (AvgIpc) is 3.11. The monoisotopic (exact) mass is 454 g/mol. The number of hydrogen-bond acceptors (Lipinski definition) is 5. The third kappa shape index (κ3) is 5.70. The molecule has 2 amide bonds. The SMILES string of the molecule is CC(C)(CCNC(=O)OCC1c2ccccc2-c2ccccc21)C(=O)NC(CCO)C(=O)O. The molecule has 0 heterocycles. The van der Waals surface area contributed by atoms with Gasteiger partial charge in [0.25, 0.3) is 0 Å². The van der Waals surface area contributed by atoms with E-state index in [9.17, 15) is 14.4 Å². The van der Waals surface area contributed by atoms with Gasteiger partial charge in [-0.2, -0.15) is 0 Å². The zero-order valence-corrected chi connectivity index (χ0v) is 18.8. The van der Waals surface area contributed by atoms with Crippen molar-refractivity contribution in [2.45, 2.75) is 38.6 Å². The summed E-state index contributed by atoms with van der Waals surface area (Å²) in [6, 6.07) is 15.0. The third-order valence-corrected chi connectivity index (χ3v) is 6.00. The number of amides is 2. The van der Waals surface area contributed by atoms with Gasteiger partial charge in [-0.3, -0.25) is 4.79 Å². The van der Waals surface area contributed by atoms with Crippen LogP contribution in [-0.4, -0.2) is 54.0 Å². The predicted molar refractivity (Wildman–Crippen MR) is 123 cm³/mol. The van der Waals surface area contributed by atoms with E-state index in [1.807, 2.05) is 36.4 Å². The fraction of sp³-hybridized carbons (Fsp3) is 0.400. The molecule has 1 atom stereocenters. The summed E-state index contributed by atoms with van der Waals surface area (Å²) in [5.41, 5.74) is 3.63. The largest absolute Gasteiger partial charge is 0.480 e. The van der Waals surface area contributed by atoms with Crippen LogP contribution in [0, 0.1) is 5.41 Å². The molecule has 8 heteroatoms. The van der Waals surface area contributed by atoms with Gasteiger partial charge in [0, 0.05) is 30.9 Å². The van der Waals surface area contributed by atoms with Gasteiger partial charge in [-0.1, -0.05) is 62.4 Å². The summed E-state index contributed by atoms with van der Waals surface area (Å²) in [7, 11) is 0. The summed E-state index contributed by atoms with van der Waals surface area (Å²) < 4.78 is 5.49. The lowest BCUT2D eigenvalue weighted by Crippen LogP contribution is -2.47. The number of carbonyl (C=O) groups excluding carboxylic acids is 2. The Morgan fingerprint density at radius 3 is 2.15 bits per heavy atom. The Kier molecular flexibility index (Phi) is 7.71. The first-order chi connectivity index (χ1) is 15.7. The Labute approximate surface area is 193 Å². The van der Waals surface area contributed by atoms with Crippen molar-refractivity contribution in [3.63, 3.8) is 0 Å². The number of benzene rings is 2. The molecule has 33 heavy (non-hydrogen) atoms. The molecule has 0 bridgehead atoms. The minimum Gasteiger partial charge on any atom is -0.480 e. The van der Waals surface area contributed by atoms with Crippen LogP contribution in [0.4, 0.5) is 4.79 Å². The number of aliphatic hydroxyl groups excluding tert-OH is 1. The summed E-state index contributed by atoms with van der Waals surface area (Å²) >= 11 is 0. The Hall–Kier alpha value is -3.39. The van der Waals surface area contributed by atoms with E-state index in [0.29, 0.717) is 0 Å². The quantitative estimate of drug-likeness (QED) is 0.438. The number of aliphatic hydroxyl groups is 1. The number of rotatable bonds is 10. The second kappa shape index (κ2) is 10.5. The number of carboxylic acids is 1. The molecule has 4 N–H and O–H groups in total. The highest BCUT2D eigenvalue weighted by Crippen LogP contribution is 2.44. The molecule has 0 aliphatic heterocycles. The first-order valence-corrected chi connectivity index (χ1v) is 11.0. The maximum atomic E-state index is 12.5. The van der Waals surface area contributed by atoms with E-state index in [4.69, 9.17) is 14.9 Å². The molecule has 0 saturated heterocycles. The molecule has 0 radical (unpaired) electrons. The van der Waals surface area contributed by atoms with Crippen LogP contribution in [0.2, 0.25) is 0 Å². The Balaban J connectivity index is 1.50. The molecule has 1 aliphatic rings. The molecule has 0 aromatic heterocycles. The highest BCUT2D eigenvalue weighted by Gasteiger charge is 2.32. The van der Waals surface area contributed by atoms with E-state index < -0.39 is 29.4 Å². The van der Waals surface area contributed by atoms with Gasteiger partial charge in [0.15, 0.2) is 0 Å². The Morgan fingerprint density at radius 2 is 1.61 bits per heavy atom. The molecule has 1 aliphatic carbocycles. The number of carboxylic acid groups (broad SMARTS) is 1. The van der Waals surface area contributed by atoms with Crippen LogP contribution in [0.25, 0.3) is 11.1 Å². The minimum atomic E-state index is -1.20. The van der Waals surface area contributed by atoms with Crippen LogP contribution in [0.15, 0.2) is 48.5 Å². The van der Waals surface area contributed by atoms with Gasteiger partial charge in [-0.25, -0.2) is 9.59 Å². The first-order valence-electron chi connectivity index (χ1n) is 11.0. The smallest absolute Gasteiger partial charge is 0.407 e. The summed E-state index contributed by atoms with van der Waals surface area (Å²) in [4.78, 5) is 35.9. The molecule has 2 aromatic rings. The summed E-state index contributed by atoms with van der Waals surface area (Å²) in [5.74, 6) is -1.70. The van der Waals surface area contributed by atoms with E-state index in [1.165, 1.54) is 0 Å². The highest BCUT2D eigenvalue weighted by atomic mass is 16.5. The molecule has 0 spiro atoms. The molecule has 2 aromatic carbocycles. The molecular weight excluding hydrogens is 424 g/mol. The number of aliphatic carboxylic acids is 1. The first kappa shape index (κ1) is 24.3. The van der Waals surface area contributed by atoms with E-state index in [-0.39, 0.29) is 38.5 Å². The van der Waals surface area contributed by atoms with E-state index in [0.717, 1.165) is 22.3 Å². The topological polar surface area (TPSA) is 125 Å². The van der Waals surface area contributed by atoms with E-state index >= 15 is 0 Å². The highest BCUT2D eigenvalue weighted by molar-refractivity contribution is 5.87. The number of alkyl carbamates (subject to hydrolysis) is 1. The molecule has 0 saturated carbocycles. The Bertz CT molecular complexity index is 974. The standard InChI is InChI=1S/C25H30N2O6/c1-25(2,23(31)27-21(11-14-28)22(29)30)12-13-26-24(32)33-15-20-18-9-5-3-7-16(18)17-8-4-6-10-19(17)20/h3-10,20-21,28H,11-15H2,1-2H3,(H,26,32)(H,27,31)(H,29,30). The Morgan fingerprint density at radius 1 is 1.03 bits per heavy atom. The second-order valence-corrected chi connectivity index (χ2v) is 8.76. The van der Waals surface area contributed by atoms with Crippen LogP contribution < -0.4 is 10.6 Å². The van der Waals surface area contributed by atoms with Crippen molar-refractivity contribution in [2.75, 3.05) is 19.8 Å². The number of ether oxygens (including phenoxy) is 1. The molecule has 0 fully saturated rings. The van der Waals surface area contributed by atoms with Gasteiger partial charge in [-0.15, -0.1) is 0 Å². The average molecular weight is 455 g/mol. The summed E-state index contributed by atoms with van der Waals surface area (Å²) in [6.45, 7) is 3.38. The van der Waals surface area contributed by atoms with Crippen molar-refractivity contribution in [3.8, 4) is 11.1 Å². The van der Waals surface area contributed by atoms with Crippen LogP contribution in [0.1, 0.15) is 43.7 Å². The van der Waals surface area contributed by atoms with Gasteiger partial charge >= 0.3 is 12.1 Å². The lowest BCUT2D eigenvalue weighted by Gasteiger charge is -2.26. The maximum absolute atomic E-state index is 12.5. The predicted octanol–water partition coefficient (Wildman–Crippen LogP) is 2.89. The van der Waals surface area contributed by atoms with E-state index in [2.05, 4.69) is 22.8 Å². The van der Waals surface area contributed by atoms with Gasteiger partial charge in [0.05, 0.1) is 0 Å². The van der Waals surface area contributed by atoms with Crippen LogP contribution in [0.3, 0.4) is 0 Å². The normalized spacial score (nSPS) is 13.5. The maximum Gasteiger partial charge on any atom is 0.407 e. The summed E-state index contributed by atoms with van der Waals surface area (Å²) in [5, 5.41) is 23.2. The minimum absolute atomic E-state index is 0.0372. The fourth-order valence-electron chi connectivity index (χ4n) is 3.98. The van der Waals surface area contributed by atoms with Crippen molar-refractivity contribution >= 4 is 18.0 Å². The number of carbonyl (C=O) groups is 3. The molecule has 3 rings (SSSR count). The number of hydrogen-bond donors (Lipinski definition) is 4. The van der Waals surface area contributed by atoms with Gasteiger partial charge < -0.3 is 25.6 Å². The second-order valence-electron chi connectivity index (χ2n) is 8.76. The van der Waals surface area contributed by atoms with Gasteiger partial charge in [-0.05, 0) is 28.7 Å². The molecular formula is C25H30N2O6. The zero-order valence-electron chi connectivity index (χ0n) is 18.8. The lowest BCUT2D eigenvalue weighted by molar-refractivity contribution is -0.144. The zero-order chi connectivity index (χ0) is 24.0. The van der Waals surface area contributed by atoms with Gasteiger partial charge in [0.1, 0.15) is 12.6 Å². The van der Waals surface area contributed by atoms with Gasteiger partial charge in [0.2, 0.25) is 5.91 Å². The summed E-state index contributed by atoms with van der Waals surface area (Å²) in [6.07, 6.45) is -0.360. The molecule has 8 nitrogen and oxygen atoms in total. The lowest BCUT2D eigenvalue weighted by atomic mass is 9.88. The van der Waals surface area contributed by atoms with Crippen molar-refractivity contribution in [2.24, 2.45) is 5.41 Å². The van der Waals surface area contributed by atoms with Crippen LogP contribution >= 0.6 is 0 Å². The van der Waals surface area contributed by atoms with Crippen molar-refractivity contribution in [1.82, 2.24) is 10.6 Å². The number of nitrogens with one attached hydrogen (secondary N) is 2. The van der Waals surface area contributed by atoms with Crippen molar-refractivity contribution in [3.05, 3.63) is 59.7 Å². The molecule has 1 unspecified atom stereocenters. The van der Waals surface area contributed by atoms with Crippen molar-refractivity contribution < 1.29 is 29.3 Å². The fourth-order valence-corrected chi connectivity index (χ4v) is 3.98. The van der Waals surface area contributed by atoms with Crippen LogP contribution in [-0.2, 0) is 14.3 Å². The van der Waals surface area contributed by atoms with Crippen molar-refractivity contribution in [1.29, 1.82) is 0 Å². The van der Waals surface area contributed by atoms with Crippen LogP contribution in [0.5, 0.6) is 0 Å². The third-order valence-electron chi connectivity index (χ3n) is 6.00. The molecule has 176 valence electrons.